The maximum atomic E-state index is 5.96. The number of rotatable bonds is 5. The number of allylic oxidation sites excluding steroid dienone is 1. The van der Waals surface area contributed by atoms with Gasteiger partial charge in [0.05, 0.1) is 18.2 Å². The second-order valence-corrected chi connectivity index (χ2v) is 5.42. The Morgan fingerprint density at radius 1 is 1.33 bits per heavy atom. The van der Waals surface area contributed by atoms with Crippen molar-refractivity contribution in [1.29, 1.82) is 0 Å². The fourth-order valence-corrected chi connectivity index (χ4v) is 3.29. The van der Waals surface area contributed by atoms with E-state index in [1.165, 1.54) is 19.3 Å². The summed E-state index contributed by atoms with van der Waals surface area (Å²) in [6, 6.07) is 0.230. The van der Waals surface area contributed by atoms with Crippen molar-refractivity contribution in [3.05, 3.63) is 11.8 Å². The summed E-state index contributed by atoms with van der Waals surface area (Å²) in [7, 11) is 1.86. The lowest BCUT2D eigenvalue weighted by atomic mass is 9.78. The monoisotopic (exact) mass is 253 g/mol. The zero-order chi connectivity index (χ0) is 12.8. The molecule has 1 saturated carbocycles. The molecule has 0 aromatic carbocycles. The van der Waals surface area contributed by atoms with Crippen molar-refractivity contribution in [2.24, 2.45) is 0 Å². The minimum atomic E-state index is -0.0581. The standard InChI is InChI=1S/C15H27NO2/c1-3-16-14(13-9-5-8-12-18-13)15(17-2)10-6-4-7-11-15/h9,14,16H,3-8,10-12H2,1-2H3. The molecule has 1 N–H and O–H groups in total. The molecule has 0 spiro atoms. The molecule has 18 heavy (non-hydrogen) atoms. The third-order valence-electron chi connectivity index (χ3n) is 4.29. The van der Waals surface area contributed by atoms with Gasteiger partial charge in [0.2, 0.25) is 0 Å². The van der Waals surface area contributed by atoms with Crippen molar-refractivity contribution in [2.45, 2.75) is 63.5 Å². The van der Waals surface area contributed by atoms with Gasteiger partial charge in [0.1, 0.15) is 5.76 Å². The van der Waals surface area contributed by atoms with E-state index >= 15 is 0 Å². The first-order chi connectivity index (χ1) is 8.82. The highest BCUT2D eigenvalue weighted by Crippen LogP contribution is 2.37. The van der Waals surface area contributed by atoms with E-state index in [-0.39, 0.29) is 11.6 Å². The number of nitrogens with one attached hydrogen (secondary N) is 1. The summed E-state index contributed by atoms with van der Waals surface area (Å²) in [6.45, 7) is 3.96. The summed E-state index contributed by atoms with van der Waals surface area (Å²) in [5.74, 6) is 1.12. The van der Waals surface area contributed by atoms with Gasteiger partial charge in [-0.15, -0.1) is 0 Å². The fourth-order valence-electron chi connectivity index (χ4n) is 3.29. The Morgan fingerprint density at radius 3 is 2.67 bits per heavy atom. The molecule has 2 rings (SSSR count). The first-order valence-corrected chi connectivity index (χ1v) is 7.44. The van der Waals surface area contributed by atoms with Crippen molar-refractivity contribution < 1.29 is 9.47 Å². The van der Waals surface area contributed by atoms with Crippen LogP contribution in [-0.4, -0.2) is 31.9 Å². The molecule has 1 aliphatic carbocycles. The van der Waals surface area contributed by atoms with Crippen LogP contribution < -0.4 is 5.32 Å². The summed E-state index contributed by atoms with van der Waals surface area (Å²) >= 11 is 0. The van der Waals surface area contributed by atoms with Crippen molar-refractivity contribution >= 4 is 0 Å². The quantitative estimate of drug-likeness (QED) is 0.817. The molecule has 1 unspecified atom stereocenters. The lowest BCUT2D eigenvalue weighted by molar-refractivity contribution is -0.0709. The molecule has 0 bridgehead atoms. The SMILES string of the molecule is CCNC(C1=CCCCO1)C1(OC)CCCCC1. The first-order valence-electron chi connectivity index (χ1n) is 7.44. The molecule has 104 valence electrons. The maximum Gasteiger partial charge on any atom is 0.112 e. The predicted molar refractivity (Wildman–Crippen MR) is 73.6 cm³/mol. The number of hydrogen-bond donors (Lipinski definition) is 1. The van der Waals surface area contributed by atoms with E-state index in [0.717, 1.165) is 44.6 Å². The van der Waals surface area contributed by atoms with Gasteiger partial charge in [-0.3, -0.25) is 0 Å². The third-order valence-corrected chi connectivity index (χ3v) is 4.29. The number of likely N-dealkylation sites (N-methyl/N-ethyl adjacent to an activating group) is 1. The Balaban J connectivity index is 2.18. The summed E-state index contributed by atoms with van der Waals surface area (Å²) in [4.78, 5) is 0. The Kier molecular flexibility index (Phi) is 5.07. The third kappa shape index (κ3) is 2.89. The van der Waals surface area contributed by atoms with E-state index in [9.17, 15) is 0 Å². The van der Waals surface area contributed by atoms with Crippen LogP contribution >= 0.6 is 0 Å². The highest BCUT2D eigenvalue weighted by atomic mass is 16.5. The van der Waals surface area contributed by atoms with Gasteiger partial charge in [-0.2, -0.15) is 0 Å². The van der Waals surface area contributed by atoms with Crippen molar-refractivity contribution in [2.75, 3.05) is 20.3 Å². The van der Waals surface area contributed by atoms with Crippen molar-refractivity contribution in [3.63, 3.8) is 0 Å². The van der Waals surface area contributed by atoms with E-state index in [0.29, 0.717) is 0 Å². The van der Waals surface area contributed by atoms with Crippen LogP contribution in [0.3, 0.4) is 0 Å². The van der Waals surface area contributed by atoms with Gasteiger partial charge in [0, 0.05) is 7.11 Å². The topological polar surface area (TPSA) is 30.5 Å². The van der Waals surface area contributed by atoms with E-state index < -0.39 is 0 Å². The molecule has 1 heterocycles. The first kappa shape index (κ1) is 13.9. The minimum absolute atomic E-state index is 0.0581. The minimum Gasteiger partial charge on any atom is -0.496 e. The van der Waals surface area contributed by atoms with Crippen LogP contribution in [-0.2, 0) is 9.47 Å². The Morgan fingerprint density at radius 2 is 2.11 bits per heavy atom. The molecule has 0 aromatic rings. The molecule has 0 radical (unpaired) electrons. The maximum absolute atomic E-state index is 5.96. The van der Waals surface area contributed by atoms with Gasteiger partial charge in [0.25, 0.3) is 0 Å². The summed E-state index contributed by atoms with van der Waals surface area (Å²) < 4.78 is 11.9. The normalized spacial score (nSPS) is 25.1. The smallest absolute Gasteiger partial charge is 0.112 e. The van der Waals surface area contributed by atoms with Gasteiger partial charge in [0.15, 0.2) is 0 Å². The molecular formula is C15H27NO2. The lowest BCUT2D eigenvalue weighted by Crippen LogP contribution is -2.54. The van der Waals surface area contributed by atoms with Crippen LogP contribution in [0.1, 0.15) is 51.9 Å². The molecule has 3 heteroatoms. The average molecular weight is 253 g/mol. The molecule has 3 nitrogen and oxygen atoms in total. The van der Waals surface area contributed by atoms with Crippen LogP contribution in [0.25, 0.3) is 0 Å². The molecule has 1 aliphatic heterocycles. The van der Waals surface area contributed by atoms with Crippen LogP contribution in [0.2, 0.25) is 0 Å². The van der Waals surface area contributed by atoms with Crippen molar-refractivity contribution in [3.8, 4) is 0 Å². The number of methoxy groups -OCH3 is 1. The largest absolute Gasteiger partial charge is 0.496 e. The molecule has 1 atom stereocenters. The van der Waals surface area contributed by atoms with Gasteiger partial charge in [-0.25, -0.2) is 0 Å². The molecule has 1 fully saturated rings. The molecule has 0 amide bonds. The highest BCUT2D eigenvalue weighted by Gasteiger charge is 2.42. The average Bonchev–Trinajstić information content (AvgIpc) is 2.46. The van der Waals surface area contributed by atoms with Crippen LogP contribution in [0.5, 0.6) is 0 Å². The highest BCUT2D eigenvalue weighted by molar-refractivity contribution is 5.14. The number of ether oxygens (including phenoxy) is 2. The van der Waals surface area contributed by atoms with Crippen LogP contribution in [0, 0.1) is 0 Å². The molecule has 0 saturated heterocycles. The summed E-state index contributed by atoms with van der Waals surface area (Å²) in [5.41, 5.74) is -0.0581. The Labute approximate surface area is 111 Å². The predicted octanol–water partition coefficient (Wildman–Crippen LogP) is 3.01. The molecular weight excluding hydrogens is 226 g/mol. The van der Waals surface area contributed by atoms with Gasteiger partial charge < -0.3 is 14.8 Å². The molecule has 0 aromatic heterocycles. The second kappa shape index (κ2) is 6.58. The molecule has 2 aliphatic rings. The second-order valence-electron chi connectivity index (χ2n) is 5.42. The Bertz CT molecular complexity index is 282. The number of hydrogen-bond acceptors (Lipinski definition) is 3. The zero-order valence-corrected chi connectivity index (χ0v) is 11.8. The van der Waals surface area contributed by atoms with Gasteiger partial charge in [-0.1, -0.05) is 26.2 Å². The van der Waals surface area contributed by atoms with E-state index in [2.05, 4.69) is 18.3 Å². The Hall–Kier alpha value is -0.540. The van der Waals surface area contributed by atoms with E-state index in [1.54, 1.807) is 0 Å². The summed E-state index contributed by atoms with van der Waals surface area (Å²) in [5, 5.41) is 3.60. The van der Waals surface area contributed by atoms with Crippen LogP contribution in [0.15, 0.2) is 11.8 Å². The fraction of sp³-hybridized carbons (Fsp3) is 0.867. The van der Waals surface area contributed by atoms with Gasteiger partial charge >= 0.3 is 0 Å². The van der Waals surface area contributed by atoms with E-state index in [1.807, 2.05) is 7.11 Å². The summed E-state index contributed by atoms with van der Waals surface area (Å²) in [6.07, 6.45) is 10.7. The van der Waals surface area contributed by atoms with Gasteiger partial charge in [-0.05, 0) is 38.3 Å². The van der Waals surface area contributed by atoms with Crippen LogP contribution in [0.4, 0.5) is 0 Å². The zero-order valence-electron chi connectivity index (χ0n) is 11.8. The van der Waals surface area contributed by atoms with E-state index in [4.69, 9.17) is 9.47 Å². The lowest BCUT2D eigenvalue weighted by Gasteiger charge is -2.43. The van der Waals surface area contributed by atoms with Crippen molar-refractivity contribution in [1.82, 2.24) is 5.32 Å².